The Kier molecular flexibility index (Phi) is 6.98. The number of anilines is 1. The molecule has 0 saturated carbocycles. The molecule has 0 aliphatic carbocycles. The van der Waals surface area contributed by atoms with Crippen molar-refractivity contribution in [3.8, 4) is 0 Å². The van der Waals surface area contributed by atoms with Gasteiger partial charge in [0.15, 0.2) is 0 Å². The van der Waals surface area contributed by atoms with Crippen LogP contribution in [0, 0.1) is 5.92 Å². The second kappa shape index (κ2) is 7.99. The van der Waals surface area contributed by atoms with Crippen LogP contribution in [0.25, 0.3) is 0 Å². The van der Waals surface area contributed by atoms with E-state index in [1.807, 2.05) is 18.2 Å². The van der Waals surface area contributed by atoms with E-state index >= 15 is 0 Å². The first-order chi connectivity index (χ1) is 8.17. The lowest BCUT2D eigenvalue weighted by Gasteiger charge is -2.17. The van der Waals surface area contributed by atoms with Gasteiger partial charge in [0.1, 0.15) is 0 Å². The first kappa shape index (κ1) is 14.8. The normalized spacial score (nSPS) is 12.5. The summed E-state index contributed by atoms with van der Waals surface area (Å²) in [5, 5.41) is 4.26. The lowest BCUT2D eigenvalue weighted by atomic mass is 9.99. The standard InChI is InChI=1S/C14H21BrClN/c1-3-5-6-11(4-2)10-17-14-8-7-12(16)9-13(14)15/h7-9,11,17H,3-6,10H2,1-2H3. The van der Waals surface area contributed by atoms with Gasteiger partial charge in [-0.2, -0.15) is 0 Å². The molecule has 1 rings (SSSR count). The Labute approximate surface area is 118 Å². The van der Waals surface area contributed by atoms with Crippen molar-refractivity contribution in [1.29, 1.82) is 0 Å². The average Bonchev–Trinajstić information content (AvgIpc) is 2.31. The molecule has 1 N–H and O–H groups in total. The lowest BCUT2D eigenvalue weighted by Crippen LogP contribution is -2.13. The molecule has 0 aliphatic heterocycles. The van der Waals surface area contributed by atoms with Crippen LogP contribution in [0.3, 0.4) is 0 Å². The Morgan fingerprint density at radius 1 is 1.35 bits per heavy atom. The maximum Gasteiger partial charge on any atom is 0.0485 e. The van der Waals surface area contributed by atoms with Crippen LogP contribution < -0.4 is 5.32 Å². The molecule has 0 fully saturated rings. The first-order valence-corrected chi connectivity index (χ1v) is 7.53. The van der Waals surface area contributed by atoms with Crippen LogP contribution >= 0.6 is 27.5 Å². The molecule has 1 nitrogen and oxygen atoms in total. The van der Waals surface area contributed by atoms with Crippen molar-refractivity contribution in [3.05, 3.63) is 27.7 Å². The summed E-state index contributed by atoms with van der Waals surface area (Å²) in [6.07, 6.45) is 5.15. The maximum absolute atomic E-state index is 5.92. The highest BCUT2D eigenvalue weighted by Crippen LogP contribution is 2.26. The molecule has 0 saturated heterocycles. The van der Waals surface area contributed by atoms with E-state index in [2.05, 4.69) is 35.1 Å². The fourth-order valence-corrected chi connectivity index (χ4v) is 2.65. The third-order valence-electron chi connectivity index (χ3n) is 3.06. The summed E-state index contributed by atoms with van der Waals surface area (Å²) in [6, 6.07) is 5.87. The smallest absolute Gasteiger partial charge is 0.0485 e. The van der Waals surface area contributed by atoms with Crippen molar-refractivity contribution in [2.75, 3.05) is 11.9 Å². The molecular weight excluding hydrogens is 298 g/mol. The Morgan fingerprint density at radius 3 is 2.71 bits per heavy atom. The molecule has 0 radical (unpaired) electrons. The zero-order valence-electron chi connectivity index (χ0n) is 10.6. The van der Waals surface area contributed by atoms with Gasteiger partial charge in [-0.05, 0) is 46.5 Å². The van der Waals surface area contributed by atoms with Crippen molar-refractivity contribution in [2.24, 2.45) is 5.92 Å². The number of hydrogen-bond donors (Lipinski definition) is 1. The van der Waals surface area contributed by atoms with Gasteiger partial charge >= 0.3 is 0 Å². The van der Waals surface area contributed by atoms with Gasteiger partial charge in [-0.15, -0.1) is 0 Å². The summed E-state index contributed by atoms with van der Waals surface area (Å²) in [4.78, 5) is 0. The molecule has 1 unspecified atom stereocenters. The van der Waals surface area contributed by atoms with Crippen molar-refractivity contribution in [1.82, 2.24) is 0 Å². The average molecular weight is 319 g/mol. The van der Waals surface area contributed by atoms with Crippen molar-refractivity contribution >= 4 is 33.2 Å². The summed E-state index contributed by atoms with van der Waals surface area (Å²) in [7, 11) is 0. The third kappa shape index (κ3) is 5.31. The van der Waals surface area contributed by atoms with E-state index in [4.69, 9.17) is 11.6 Å². The topological polar surface area (TPSA) is 12.0 Å². The molecule has 0 spiro atoms. The molecule has 1 aromatic rings. The number of halogens is 2. The quantitative estimate of drug-likeness (QED) is 0.677. The SMILES string of the molecule is CCCCC(CC)CNc1ccc(Cl)cc1Br. The van der Waals surface area contributed by atoms with Crippen molar-refractivity contribution in [2.45, 2.75) is 39.5 Å². The summed E-state index contributed by atoms with van der Waals surface area (Å²) in [5.41, 5.74) is 1.13. The molecule has 0 bridgehead atoms. The molecule has 0 amide bonds. The number of rotatable bonds is 7. The molecule has 96 valence electrons. The Hall–Kier alpha value is -0.210. The van der Waals surface area contributed by atoms with E-state index in [0.717, 1.165) is 27.6 Å². The zero-order chi connectivity index (χ0) is 12.7. The first-order valence-electron chi connectivity index (χ1n) is 6.36. The van der Waals surface area contributed by atoms with Crippen molar-refractivity contribution in [3.63, 3.8) is 0 Å². The van der Waals surface area contributed by atoms with E-state index in [0.29, 0.717) is 0 Å². The third-order valence-corrected chi connectivity index (χ3v) is 3.95. The van der Waals surface area contributed by atoms with Gasteiger partial charge in [-0.1, -0.05) is 44.7 Å². The Morgan fingerprint density at radius 2 is 2.12 bits per heavy atom. The van der Waals surface area contributed by atoms with Gasteiger partial charge in [0.25, 0.3) is 0 Å². The van der Waals surface area contributed by atoms with Gasteiger partial charge in [0, 0.05) is 21.7 Å². The molecule has 0 heterocycles. The van der Waals surface area contributed by atoms with E-state index in [9.17, 15) is 0 Å². The maximum atomic E-state index is 5.92. The number of hydrogen-bond acceptors (Lipinski definition) is 1. The van der Waals surface area contributed by atoms with Crippen LogP contribution in [0.15, 0.2) is 22.7 Å². The second-order valence-electron chi connectivity index (χ2n) is 4.42. The highest BCUT2D eigenvalue weighted by molar-refractivity contribution is 9.10. The van der Waals surface area contributed by atoms with Gasteiger partial charge in [0.2, 0.25) is 0 Å². The summed E-state index contributed by atoms with van der Waals surface area (Å²) >= 11 is 9.44. The zero-order valence-corrected chi connectivity index (χ0v) is 12.9. The second-order valence-corrected chi connectivity index (χ2v) is 5.71. The molecule has 0 aromatic heterocycles. The van der Waals surface area contributed by atoms with Crippen molar-refractivity contribution < 1.29 is 0 Å². The monoisotopic (exact) mass is 317 g/mol. The van der Waals surface area contributed by atoms with Crippen LogP contribution in [0.4, 0.5) is 5.69 Å². The minimum Gasteiger partial charge on any atom is -0.384 e. The van der Waals surface area contributed by atoms with Crippen LogP contribution in [0.2, 0.25) is 5.02 Å². The number of unbranched alkanes of at least 4 members (excludes halogenated alkanes) is 1. The molecule has 3 heteroatoms. The van der Waals surface area contributed by atoms with E-state index in [1.165, 1.54) is 25.7 Å². The minimum atomic E-state index is 0.762. The Bertz CT molecular complexity index is 341. The number of benzene rings is 1. The highest BCUT2D eigenvalue weighted by atomic mass is 79.9. The van der Waals surface area contributed by atoms with Crippen LogP contribution in [0.5, 0.6) is 0 Å². The molecule has 17 heavy (non-hydrogen) atoms. The van der Waals surface area contributed by atoms with Crippen LogP contribution in [0.1, 0.15) is 39.5 Å². The van der Waals surface area contributed by atoms with Gasteiger partial charge in [-0.25, -0.2) is 0 Å². The summed E-state index contributed by atoms with van der Waals surface area (Å²) in [6.45, 7) is 5.55. The fourth-order valence-electron chi connectivity index (χ4n) is 1.83. The van der Waals surface area contributed by atoms with Gasteiger partial charge in [0.05, 0.1) is 0 Å². The highest BCUT2D eigenvalue weighted by Gasteiger charge is 2.07. The fraction of sp³-hybridized carbons (Fsp3) is 0.571. The number of nitrogens with one attached hydrogen (secondary N) is 1. The predicted octanol–water partition coefficient (Wildman–Crippen LogP) is 5.73. The van der Waals surface area contributed by atoms with Crippen LogP contribution in [-0.4, -0.2) is 6.54 Å². The molecular formula is C14H21BrClN. The van der Waals surface area contributed by atoms with Crippen LogP contribution in [-0.2, 0) is 0 Å². The Balaban J connectivity index is 2.47. The molecule has 0 aliphatic rings. The van der Waals surface area contributed by atoms with E-state index in [1.54, 1.807) is 0 Å². The summed E-state index contributed by atoms with van der Waals surface area (Å²) in [5.74, 6) is 0.762. The predicted molar refractivity (Wildman–Crippen MR) is 80.9 cm³/mol. The summed E-state index contributed by atoms with van der Waals surface area (Å²) < 4.78 is 1.04. The van der Waals surface area contributed by atoms with Gasteiger partial charge < -0.3 is 5.32 Å². The van der Waals surface area contributed by atoms with E-state index < -0.39 is 0 Å². The van der Waals surface area contributed by atoms with Gasteiger partial charge in [-0.3, -0.25) is 0 Å². The molecule has 1 aromatic carbocycles. The minimum absolute atomic E-state index is 0.762. The lowest BCUT2D eigenvalue weighted by molar-refractivity contribution is 0.473. The largest absolute Gasteiger partial charge is 0.384 e. The molecule has 1 atom stereocenters. The van der Waals surface area contributed by atoms with E-state index in [-0.39, 0.29) is 0 Å².